The lowest BCUT2D eigenvalue weighted by Crippen LogP contribution is -2.43. The number of carbonyl (C=O) groups is 1. The SMILES string of the molecule is Cc1nc2ncnn2c(C)c1CCC(=O)NCc1cccc(CN2CCN(C)CC2)c1. The van der Waals surface area contributed by atoms with Crippen LogP contribution < -0.4 is 5.32 Å². The summed E-state index contributed by atoms with van der Waals surface area (Å²) >= 11 is 0. The van der Waals surface area contributed by atoms with Gasteiger partial charge in [0.15, 0.2) is 0 Å². The first-order valence-electron chi connectivity index (χ1n) is 10.9. The van der Waals surface area contributed by atoms with E-state index >= 15 is 0 Å². The summed E-state index contributed by atoms with van der Waals surface area (Å²) < 4.78 is 1.73. The van der Waals surface area contributed by atoms with Gasteiger partial charge in [-0.3, -0.25) is 9.69 Å². The molecule has 8 heteroatoms. The number of carbonyl (C=O) groups excluding carboxylic acids is 1. The average molecular weight is 422 g/mol. The molecule has 164 valence electrons. The topological polar surface area (TPSA) is 78.7 Å². The molecule has 4 rings (SSSR count). The third-order valence-electron chi connectivity index (χ3n) is 6.07. The summed E-state index contributed by atoms with van der Waals surface area (Å²) in [5.74, 6) is 0.640. The zero-order valence-corrected chi connectivity index (χ0v) is 18.6. The van der Waals surface area contributed by atoms with Crippen molar-refractivity contribution in [2.75, 3.05) is 33.2 Å². The van der Waals surface area contributed by atoms with Gasteiger partial charge in [0, 0.05) is 57.1 Å². The van der Waals surface area contributed by atoms with E-state index in [-0.39, 0.29) is 5.91 Å². The van der Waals surface area contributed by atoms with Gasteiger partial charge in [0.25, 0.3) is 5.78 Å². The standard InChI is InChI=1S/C23H31N7O/c1-17-21(18(2)30-23(27-17)25-16-26-30)7-8-22(31)24-14-19-5-4-6-20(13-19)15-29-11-9-28(3)10-12-29/h4-6,13,16H,7-12,14-15H2,1-3H3,(H,24,31). The molecule has 3 aromatic rings. The van der Waals surface area contributed by atoms with Crippen LogP contribution in [0.3, 0.4) is 0 Å². The monoisotopic (exact) mass is 421 g/mol. The Bertz CT molecular complexity index is 1050. The van der Waals surface area contributed by atoms with Crippen LogP contribution in [0.2, 0.25) is 0 Å². The predicted octanol–water partition coefficient (Wildman–Crippen LogP) is 1.74. The number of amides is 1. The van der Waals surface area contributed by atoms with E-state index in [0.717, 1.165) is 55.2 Å². The molecule has 0 bridgehead atoms. The van der Waals surface area contributed by atoms with E-state index in [2.05, 4.69) is 61.5 Å². The summed E-state index contributed by atoms with van der Waals surface area (Å²) in [6.07, 6.45) is 2.56. The Morgan fingerprint density at radius 3 is 2.71 bits per heavy atom. The van der Waals surface area contributed by atoms with Crippen LogP contribution in [0.25, 0.3) is 5.78 Å². The summed E-state index contributed by atoms with van der Waals surface area (Å²) in [4.78, 5) is 26.0. The van der Waals surface area contributed by atoms with E-state index in [9.17, 15) is 4.79 Å². The maximum atomic E-state index is 12.5. The molecule has 0 spiro atoms. The molecule has 1 aromatic carbocycles. The molecule has 1 aliphatic heterocycles. The zero-order valence-electron chi connectivity index (χ0n) is 18.6. The van der Waals surface area contributed by atoms with Crippen molar-refractivity contribution in [1.29, 1.82) is 0 Å². The van der Waals surface area contributed by atoms with E-state index in [1.165, 1.54) is 11.9 Å². The Morgan fingerprint density at radius 1 is 1.13 bits per heavy atom. The Hall–Kier alpha value is -2.84. The van der Waals surface area contributed by atoms with Crippen LogP contribution in [0.5, 0.6) is 0 Å². The normalized spacial score (nSPS) is 15.5. The van der Waals surface area contributed by atoms with Gasteiger partial charge in [-0.05, 0) is 44.0 Å². The molecule has 1 amide bonds. The van der Waals surface area contributed by atoms with Gasteiger partial charge in [-0.25, -0.2) is 9.50 Å². The fraction of sp³-hybridized carbons (Fsp3) is 0.478. The van der Waals surface area contributed by atoms with Gasteiger partial charge in [0.1, 0.15) is 6.33 Å². The third-order valence-corrected chi connectivity index (χ3v) is 6.07. The number of hydrogen-bond donors (Lipinski definition) is 1. The highest BCUT2D eigenvalue weighted by atomic mass is 16.1. The molecular weight excluding hydrogens is 390 g/mol. The second-order valence-corrected chi connectivity index (χ2v) is 8.41. The first-order valence-corrected chi connectivity index (χ1v) is 10.9. The van der Waals surface area contributed by atoms with Crippen LogP contribution in [0.1, 0.15) is 34.5 Å². The van der Waals surface area contributed by atoms with Gasteiger partial charge < -0.3 is 10.2 Å². The number of piperazine rings is 1. The van der Waals surface area contributed by atoms with E-state index in [4.69, 9.17) is 0 Å². The molecule has 0 atom stereocenters. The first kappa shape index (κ1) is 21.4. The van der Waals surface area contributed by atoms with Crippen LogP contribution in [-0.2, 0) is 24.3 Å². The first-order chi connectivity index (χ1) is 15.0. The number of aromatic nitrogens is 4. The average Bonchev–Trinajstić information content (AvgIpc) is 3.23. The molecule has 1 fully saturated rings. The summed E-state index contributed by atoms with van der Waals surface area (Å²) in [5.41, 5.74) is 5.39. The van der Waals surface area contributed by atoms with Crippen LogP contribution in [0, 0.1) is 13.8 Å². The van der Waals surface area contributed by atoms with Crippen LogP contribution in [0.4, 0.5) is 0 Å². The number of fused-ring (bicyclic) bond motifs is 1. The maximum absolute atomic E-state index is 12.5. The van der Waals surface area contributed by atoms with E-state index < -0.39 is 0 Å². The van der Waals surface area contributed by atoms with Gasteiger partial charge in [0.05, 0.1) is 0 Å². The predicted molar refractivity (Wildman–Crippen MR) is 120 cm³/mol. The Kier molecular flexibility index (Phi) is 6.58. The van der Waals surface area contributed by atoms with Crippen molar-refractivity contribution in [3.63, 3.8) is 0 Å². The van der Waals surface area contributed by atoms with Crippen molar-refractivity contribution in [2.45, 2.75) is 39.8 Å². The van der Waals surface area contributed by atoms with E-state index in [1.807, 2.05) is 13.8 Å². The van der Waals surface area contributed by atoms with Crippen molar-refractivity contribution in [3.05, 3.63) is 58.7 Å². The second-order valence-electron chi connectivity index (χ2n) is 8.41. The molecule has 0 unspecified atom stereocenters. The lowest BCUT2D eigenvalue weighted by Gasteiger charge is -2.32. The molecule has 0 aliphatic carbocycles. The molecular formula is C23H31N7O. The van der Waals surface area contributed by atoms with Crippen molar-refractivity contribution < 1.29 is 4.79 Å². The van der Waals surface area contributed by atoms with E-state index in [1.54, 1.807) is 4.52 Å². The smallest absolute Gasteiger partial charge is 0.252 e. The Labute approximate surface area is 183 Å². The molecule has 0 saturated carbocycles. The molecule has 3 heterocycles. The maximum Gasteiger partial charge on any atom is 0.252 e. The third kappa shape index (κ3) is 5.26. The largest absolute Gasteiger partial charge is 0.352 e. The fourth-order valence-electron chi connectivity index (χ4n) is 4.15. The van der Waals surface area contributed by atoms with Crippen molar-refractivity contribution >= 4 is 11.7 Å². The van der Waals surface area contributed by atoms with Gasteiger partial charge >= 0.3 is 0 Å². The van der Waals surface area contributed by atoms with Crippen molar-refractivity contribution in [2.24, 2.45) is 0 Å². The number of aryl methyl sites for hydroxylation is 2. The quantitative estimate of drug-likeness (QED) is 0.626. The summed E-state index contributed by atoms with van der Waals surface area (Å²) in [5, 5.41) is 7.28. The number of benzene rings is 1. The highest BCUT2D eigenvalue weighted by Crippen LogP contribution is 2.15. The number of rotatable bonds is 7. The molecule has 31 heavy (non-hydrogen) atoms. The molecule has 0 radical (unpaired) electrons. The van der Waals surface area contributed by atoms with Crippen LogP contribution >= 0.6 is 0 Å². The number of hydrogen-bond acceptors (Lipinski definition) is 6. The van der Waals surface area contributed by atoms with E-state index in [0.29, 0.717) is 25.2 Å². The summed E-state index contributed by atoms with van der Waals surface area (Å²) in [7, 11) is 2.17. The summed E-state index contributed by atoms with van der Waals surface area (Å²) in [6, 6.07) is 8.53. The second kappa shape index (κ2) is 9.53. The Morgan fingerprint density at radius 2 is 1.90 bits per heavy atom. The number of nitrogens with one attached hydrogen (secondary N) is 1. The Balaban J connectivity index is 1.29. The minimum atomic E-state index is 0.0435. The number of nitrogens with zero attached hydrogens (tertiary/aromatic N) is 6. The minimum absolute atomic E-state index is 0.0435. The fourth-order valence-corrected chi connectivity index (χ4v) is 4.15. The zero-order chi connectivity index (χ0) is 21.8. The molecule has 1 N–H and O–H groups in total. The lowest BCUT2D eigenvalue weighted by molar-refractivity contribution is -0.121. The highest BCUT2D eigenvalue weighted by Gasteiger charge is 2.15. The van der Waals surface area contributed by atoms with Gasteiger partial charge in [-0.2, -0.15) is 10.1 Å². The van der Waals surface area contributed by atoms with Crippen molar-refractivity contribution in [1.82, 2.24) is 34.7 Å². The molecule has 8 nitrogen and oxygen atoms in total. The van der Waals surface area contributed by atoms with Crippen molar-refractivity contribution in [3.8, 4) is 0 Å². The van der Waals surface area contributed by atoms with Crippen LogP contribution in [-0.4, -0.2) is 68.5 Å². The lowest BCUT2D eigenvalue weighted by atomic mass is 10.1. The molecule has 1 aliphatic rings. The van der Waals surface area contributed by atoms with Gasteiger partial charge in [-0.15, -0.1) is 0 Å². The highest BCUT2D eigenvalue weighted by molar-refractivity contribution is 5.76. The minimum Gasteiger partial charge on any atom is -0.352 e. The summed E-state index contributed by atoms with van der Waals surface area (Å²) in [6.45, 7) is 9.91. The molecule has 2 aromatic heterocycles. The van der Waals surface area contributed by atoms with Crippen LogP contribution in [0.15, 0.2) is 30.6 Å². The van der Waals surface area contributed by atoms with Gasteiger partial charge in [-0.1, -0.05) is 24.3 Å². The van der Waals surface area contributed by atoms with Gasteiger partial charge in [0.2, 0.25) is 5.91 Å². The molecule has 1 saturated heterocycles. The number of likely N-dealkylation sites (N-methyl/N-ethyl adjacent to an activating group) is 1.